The van der Waals surface area contributed by atoms with Crippen LogP contribution in [0.3, 0.4) is 0 Å². The van der Waals surface area contributed by atoms with Gasteiger partial charge in [0.25, 0.3) is 5.91 Å². The molecular formula is C10H8BrF3N6O4. The van der Waals surface area contributed by atoms with E-state index in [9.17, 15) is 28.1 Å². The molecule has 0 aliphatic heterocycles. The number of nitrogens with one attached hydrogen (secondary N) is 2. The number of H-pyrrole nitrogens is 1. The number of hydrogen-bond donors (Lipinski definition) is 2. The zero-order chi connectivity index (χ0) is 17.9. The van der Waals surface area contributed by atoms with Crippen molar-refractivity contribution in [3.63, 3.8) is 0 Å². The number of nitrogens with zero attached hydrogens (tertiary/aromatic N) is 4. The highest BCUT2D eigenvalue weighted by atomic mass is 79.9. The molecule has 0 atom stereocenters. The Bertz CT molecular complexity index is 758. The van der Waals surface area contributed by atoms with E-state index < -0.39 is 36.2 Å². The van der Waals surface area contributed by atoms with Gasteiger partial charge in [0.15, 0.2) is 5.69 Å². The van der Waals surface area contributed by atoms with Crippen molar-refractivity contribution < 1.29 is 27.6 Å². The number of rotatable bonds is 6. The maximum Gasteiger partial charge on any atom is 0.411 e. The number of anilines is 1. The number of halogens is 4. The molecule has 0 unspecified atom stereocenters. The predicted molar refractivity (Wildman–Crippen MR) is 75.1 cm³/mol. The lowest BCUT2D eigenvalue weighted by Gasteiger charge is -2.07. The van der Waals surface area contributed by atoms with Crippen LogP contribution in [-0.4, -0.2) is 43.6 Å². The molecule has 1 amide bonds. The molecule has 0 saturated carbocycles. The summed E-state index contributed by atoms with van der Waals surface area (Å²) in [7, 11) is 0. The molecule has 0 saturated heterocycles. The van der Waals surface area contributed by atoms with Gasteiger partial charge in [0.2, 0.25) is 0 Å². The first kappa shape index (κ1) is 17.9. The summed E-state index contributed by atoms with van der Waals surface area (Å²) < 4.78 is 41.1. The third kappa shape index (κ3) is 4.51. The van der Waals surface area contributed by atoms with Crippen LogP contribution in [-0.2, 0) is 11.5 Å². The van der Waals surface area contributed by atoms with E-state index in [0.717, 1.165) is 4.68 Å². The summed E-state index contributed by atoms with van der Waals surface area (Å²) in [6.07, 6.45) is -2.06. The number of carbonyl (C=O) groups is 1. The van der Waals surface area contributed by atoms with Crippen molar-refractivity contribution in [3.05, 3.63) is 32.7 Å². The molecule has 0 spiro atoms. The van der Waals surface area contributed by atoms with E-state index in [1.807, 2.05) is 0 Å². The molecule has 2 heterocycles. The summed E-state index contributed by atoms with van der Waals surface area (Å²) in [5, 5.41) is 22.3. The molecule has 10 nitrogen and oxygen atoms in total. The molecule has 2 N–H and O–H groups in total. The van der Waals surface area contributed by atoms with Crippen molar-refractivity contribution in [3.8, 4) is 0 Å². The molecule has 0 bridgehead atoms. The van der Waals surface area contributed by atoms with Crippen LogP contribution in [0.25, 0.3) is 0 Å². The molecule has 2 aromatic heterocycles. The fraction of sp³-hybridized carbons (Fsp3) is 0.300. The Labute approximate surface area is 139 Å². The summed E-state index contributed by atoms with van der Waals surface area (Å²) in [6.45, 7) is -1.90. The number of carbonyl (C=O) groups excluding carboxylic acids is 1. The molecule has 0 fully saturated rings. The Morgan fingerprint density at radius 1 is 1.54 bits per heavy atom. The van der Waals surface area contributed by atoms with E-state index in [4.69, 9.17) is 0 Å². The number of nitro groups is 1. The molecule has 24 heavy (non-hydrogen) atoms. The Morgan fingerprint density at radius 2 is 2.25 bits per heavy atom. The van der Waals surface area contributed by atoms with Crippen LogP contribution in [0.5, 0.6) is 0 Å². The van der Waals surface area contributed by atoms with Gasteiger partial charge in [0.1, 0.15) is 17.8 Å². The third-order valence-corrected chi connectivity index (χ3v) is 3.22. The number of hydrogen-bond acceptors (Lipinski definition) is 6. The van der Waals surface area contributed by atoms with Gasteiger partial charge in [-0.05, 0) is 20.9 Å². The fourth-order valence-corrected chi connectivity index (χ4v) is 2.04. The number of alkyl halides is 3. The van der Waals surface area contributed by atoms with Crippen molar-refractivity contribution in [2.24, 2.45) is 0 Å². The lowest BCUT2D eigenvalue weighted by molar-refractivity contribution is -0.390. The second-order valence-electron chi connectivity index (χ2n) is 4.31. The Morgan fingerprint density at radius 3 is 2.83 bits per heavy atom. The maximum atomic E-state index is 12.0. The van der Waals surface area contributed by atoms with Gasteiger partial charge in [-0.15, -0.1) is 5.10 Å². The van der Waals surface area contributed by atoms with Crippen molar-refractivity contribution in [1.29, 1.82) is 0 Å². The first-order valence-corrected chi connectivity index (χ1v) is 6.83. The zero-order valence-corrected chi connectivity index (χ0v) is 13.1. The van der Waals surface area contributed by atoms with E-state index in [0.29, 0.717) is 0 Å². The third-order valence-electron chi connectivity index (χ3n) is 2.47. The van der Waals surface area contributed by atoms with Gasteiger partial charge in [-0.3, -0.25) is 4.79 Å². The van der Waals surface area contributed by atoms with Crippen LogP contribution in [0.1, 0.15) is 10.5 Å². The lowest BCUT2D eigenvalue weighted by Crippen LogP contribution is -2.18. The minimum absolute atomic E-state index is 0.133. The van der Waals surface area contributed by atoms with Crippen molar-refractivity contribution in [1.82, 2.24) is 20.0 Å². The Balaban J connectivity index is 1.97. The molecule has 0 aliphatic carbocycles. The average Bonchev–Trinajstić information content (AvgIpc) is 3.04. The molecule has 2 rings (SSSR count). The first-order valence-electron chi connectivity index (χ1n) is 6.04. The van der Waals surface area contributed by atoms with E-state index in [1.54, 1.807) is 0 Å². The van der Waals surface area contributed by atoms with Crippen molar-refractivity contribution in [2.45, 2.75) is 12.9 Å². The second kappa shape index (κ2) is 6.96. The molecule has 130 valence electrons. The summed E-state index contributed by atoms with van der Waals surface area (Å²) >= 11 is 2.88. The monoisotopic (exact) mass is 412 g/mol. The van der Waals surface area contributed by atoms with Gasteiger partial charge in [-0.25, -0.2) is 4.68 Å². The van der Waals surface area contributed by atoms with Crippen LogP contribution in [0.4, 0.5) is 24.7 Å². The minimum atomic E-state index is -4.45. The van der Waals surface area contributed by atoms with Crippen molar-refractivity contribution in [2.75, 3.05) is 11.9 Å². The molecule has 0 aliphatic rings. The normalized spacial score (nSPS) is 11.5. The van der Waals surface area contributed by atoms with E-state index in [1.165, 1.54) is 12.4 Å². The SMILES string of the molecule is O=C(Nc1cnn(COCC(F)(F)F)c1)c1n[nH]c([N+](=O)[O-])c1Br. The minimum Gasteiger partial charge on any atom is -0.358 e. The van der Waals surface area contributed by atoms with Gasteiger partial charge in [0, 0.05) is 0 Å². The van der Waals surface area contributed by atoms with E-state index >= 15 is 0 Å². The van der Waals surface area contributed by atoms with Crippen LogP contribution in [0, 0.1) is 10.1 Å². The zero-order valence-electron chi connectivity index (χ0n) is 11.5. The Hall–Kier alpha value is -2.48. The van der Waals surface area contributed by atoms with Crippen LogP contribution < -0.4 is 5.32 Å². The summed E-state index contributed by atoms with van der Waals surface area (Å²) in [5.74, 6) is -1.27. The van der Waals surface area contributed by atoms with Crippen LogP contribution in [0.2, 0.25) is 0 Å². The van der Waals surface area contributed by atoms with Gasteiger partial charge < -0.3 is 20.2 Å². The molecule has 0 aromatic carbocycles. The van der Waals surface area contributed by atoms with Crippen molar-refractivity contribution >= 4 is 33.3 Å². The Kier molecular flexibility index (Phi) is 5.18. The smallest absolute Gasteiger partial charge is 0.358 e. The molecule has 2 aromatic rings. The summed E-state index contributed by atoms with van der Waals surface area (Å²) in [4.78, 5) is 21.9. The molecular weight excluding hydrogens is 405 g/mol. The highest BCUT2D eigenvalue weighted by molar-refractivity contribution is 9.10. The summed E-state index contributed by atoms with van der Waals surface area (Å²) in [6, 6.07) is 0. The number of ether oxygens (including phenoxy) is 1. The molecule has 0 radical (unpaired) electrons. The fourth-order valence-electron chi connectivity index (χ4n) is 1.53. The van der Waals surface area contributed by atoms with E-state index in [-0.39, 0.29) is 15.9 Å². The first-order chi connectivity index (χ1) is 11.2. The lowest BCUT2D eigenvalue weighted by atomic mass is 10.4. The standard InChI is InChI=1S/C10H8BrF3N6O4/c11-6-7(17-18-8(6)20(22)23)9(21)16-5-1-15-19(2-5)4-24-3-10(12,13)14/h1-2H,3-4H2,(H,16,21)(H,17,18). The quantitative estimate of drug-likeness (QED) is 0.551. The number of aromatic amines is 1. The predicted octanol–water partition coefficient (Wildman–Crippen LogP) is 2.07. The number of aromatic nitrogens is 4. The van der Waals surface area contributed by atoms with Crippen LogP contribution in [0.15, 0.2) is 16.9 Å². The van der Waals surface area contributed by atoms with Gasteiger partial charge in [-0.2, -0.15) is 18.3 Å². The van der Waals surface area contributed by atoms with Gasteiger partial charge in [0.05, 0.1) is 18.1 Å². The largest absolute Gasteiger partial charge is 0.411 e. The molecule has 14 heteroatoms. The average molecular weight is 413 g/mol. The van der Waals surface area contributed by atoms with Gasteiger partial charge >= 0.3 is 12.0 Å². The maximum absolute atomic E-state index is 12.0. The van der Waals surface area contributed by atoms with E-state index in [2.05, 4.69) is 41.3 Å². The highest BCUT2D eigenvalue weighted by Gasteiger charge is 2.27. The highest BCUT2D eigenvalue weighted by Crippen LogP contribution is 2.26. The van der Waals surface area contributed by atoms with Gasteiger partial charge in [-0.1, -0.05) is 5.10 Å². The topological polar surface area (TPSA) is 128 Å². The number of amides is 1. The second-order valence-corrected chi connectivity index (χ2v) is 5.10. The summed E-state index contributed by atoms with van der Waals surface area (Å²) in [5.41, 5.74) is -0.115. The van der Waals surface area contributed by atoms with Crippen LogP contribution >= 0.6 is 15.9 Å².